The van der Waals surface area contributed by atoms with E-state index in [-0.39, 0.29) is 6.79 Å². The van der Waals surface area contributed by atoms with Gasteiger partial charge in [-0.25, -0.2) is 15.4 Å². The van der Waals surface area contributed by atoms with Crippen molar-refractivity contribution in [3.8, 4) is 11.5 Å². The first kappa shape index (κ1) is 12.4. The van der Waals surface area contributed by atoms with E-state index in [1.54, 1.807) is 6.21 Å². The molecule has 2 aromatic rings. The molecule has 102 valence electrons. The largest absolute Gasteiger partial charge is 0.454 e. The Hall–Kier alpha value is -2.63. The molecule has 6 nitrogen and oxygen atoms in total. The van der Waals surface area contributed by atoms with Crippen LogP contribution in [-0.2, 0) is 0 Å². The molecule has 0 bridgehead atoms. The van der Waals surface area contributed by atoms with Gasteiger partial charge in [0, 0.05) is 11.4 Å². The Balaban J connectivity index is 1.71. The smallest absolute Gasteiger partial charge is 0.243 e. The second kappa shape index (κ2) is 5.16. The summed E-state index contributed by atoms with van der Waals surface area (Å²) in [7, 11) is 0. The van der Waals surface area contributed by atoms with Gasteiger partial charge in [-0.3, -0.25) is 0 Å². The van der Waals surface area contributed by atoms with Crippen molar-refractivity contribution < 1.29 is 9.47 Å². The predicted molar refractivity (Wildman–Crippen MR) is 75.3 cm³/mol. The highest BCUT2D eigenvalue weighted by molar-refractivity contribution is 5.81. The van der Waals surface area contributed by atoms with Gasteiger partial charge in [-0.1, -0.05) is 0 Å². The van der Waals surface area contributed by atoms with Crippen LogP contribution >= 0.6 is 0 Å². The summed E-state index contributed by atoms with van der Waals surface area (Å²) >= 11 is 0. The third-order valence-corrected chi connectivity index (χ3v) is 2.76. The SMILES string of the molecule is Cc1cc(C)nc(NN=Cc2ccc3c(c2)OCO3)n1. The van der Waals surface area contributed by atoms with E-state index in [0.29, 0.717) is 5.95 Å². The number of hydrogen-bond acceptors (Lipinski definition) is 6. The number of aryl methyl sites for hydroxylation is 2. The van der Waals surface area contributed by atoms with Crippen molar-refractivity contribution in [3.05, 3.63) is 41.2 Å². The normalized spacial score (nSPS) is 12.9. The molecule has 0 saturated carbocycles. The summed E-state index contributed by atoms with van der Waals surface area (Å²) < 4.78 is 10.6. The summed E-state index contributed by atoms with van der Waals surface area (Å²) in [6, 6.07) is 7.54. The maximum Gasteiger partial charge on any atom is 0.243 e. The lowest BCUT2D eigenvalue weighted by molar-refractivity contribution is 0.174. The fraction of sp³-hybridized carbons (Fsp3) is 0.214. The molecule has 0 atom stereocenters. The van der Waals surface area contributed by atoms with E-state index in [2.05, 4.69) is 20.5 Å². The molecule has 6 heteroatoms. The molecule has 0 spiro atoms. The highest BCUT2D eigenvalue weighted by Crippen LogP contribution is 2.31. The minimum Gasteiger partial charge on any atom is -0.454 e. The number of aromatic nitrogens is 2. The lowest BCUT2D eigenvalue weighted by Crippen LogP contribution is -1.99. The Labute approximate surface area is 116 Å². The minimum absolute atomic E-state index is 0.268. The van der Waals surface area contributed by atoms with E-state index in [4.69, 9.17) is 9.47 Å². The number of rotatable bonds is 3. The van der Waals surface area contributed by atoms with Gasteiger partial charge in [0.1, 0.15) is 0 Å². The van der Waals surface area contributed by atoms with Gasteiger partial charge in [-0.05, 0) is 43.7 Å². The predicted octanol–water partition coefficient (Wildman–Crippen LogP) is 2.27. The van der Waals surface area contributed by atoms with E-state index in [1.165, 1.54) is 0 Å². The minimum atomic E-state index is 0.268. The number of hydrazone groups is 1. The van der Waals surface area contributed by atoms with Gasteiger partial charge in [-0.15, -0.1) is 0 Å². The van der Waals surface area contributed by atoms with Gasteiger partial charge in [0.15, 0.2) is 11.5 Å². The maximum atomic E-state index is 5.31. The van der Waals surface area contributed by atoms with Crippen LogP contribution in [0.1, 0.15) is 17.0 Å². The molecule has 3 rings (SSSR count). The van der Waals surface area contributed by atoms with Crippen molar-refractivity contribution >= 4 is 12.2 Å². The molecule has 1 aromatic carbocycles. The molecule has 2 heterocycles. The number of nitrogens with zero attached hydrogens (tertiary/aromatic N) is 3. The first-order valence-corrected chi connectivity index (χ1v) is 6.22. The number of anilines is 1. The summed E-state index contributed by atoms with van der Waals surface area (Å²) in [6.07, 6.45) is 1.68. The van der Waals surface area contributed by atoms with Crippen LogP contribution in [0.5, 0.6) is 11.5 Å². The Bertz CT molecular complexity index is 650. The van der Waals surface area contributed by atoms with Gasteiger partial charge in [0.25, 0.3) is 0 Å². The van der Waals surface area contributed by atoms with E-state index < -0.39 is 0 Å². The quantitative estimate of drug-likeness (QED) is 0.684. The zero-order chi connectivity index (χ0) is 13.9. The maximum absolute atomic E-state index is 5.31. The van der Waals surface area contributed by atoms with Gasteiger partial charge in [-0.2, -0.15) is 5.10 Å². The van der Waals surface area contributed by atoms with Crippen molar-refractivity contribution in [2.24, 2.45) is 5.10 Å². The van der Waals surface area contributed by atoms with Gasteiger partial charge < -0.3 is 9.47 Å². The molecule has 0 saturated heterocycles. The first-order valence-electron chi connectivity index (χ1n) is 6.22. The van der Waals surface area contributed by atoms with Crippen LogP contribution in [0.2, 0.25) is 0 Å². The second-order valence-electron chi connectivity index (χ2n) is 4.46. The zero-order valence-corrected chi connectivity index (χ0v) is 11.3. The molecule has 1 aliphatic heterocycles. The lowest BCUT2D eigenvalue weighted by atomic mass is 10.2. The van der Waals surface area contributed by atoms with E-state index in [9.17, 15) is 0 Å². The molecular weight excluding hydrogens is 256 g/mol. The van der Waals surface area contributed by atoms with E-state index >= 15 is 0 Å². The molecule has 0 aliphatic carbocycles. The Kier molecular flexibility index (Phi) is 3.20. The summed E-state index contributed by atoms with van der Waals surface area (Å²) in [5, 5.41) is 4.12. The van der Waals surface area contributed by atoms with Crippen molar-refractivity contribution in [1.29, 1.82) is 0 Å². The van der Waals surface area contributed by atoms with Crippen LogP contribution in [0.3, 0.4) is 0 Å². The number of ether oxygens (including phenoxy) is 2. The fourth-order valence-electron chi connectivity index (χ4n) is 1.93. The number of nitrogens with one attached hydrogen (secondary N) is 1. The van der Waals surface area contributed by atoms with Crippen LogP contribution < -0.4 is 14.9 Å². The van der Waals surface area contributed by atoms with Crippen LogP contribution in [0.25, 0.3) is 0 Å². The fourth-order valence-corrected chi connectivity index (χ4v) is 1.93. The van der Waals surface area contributed by atoms with Crippen molar-refractivity contribution in [2.75, 3.05) is 12.2 Å². The van der Waals surface area contributed by atoms with Gasteiger partial charge >= 0.3 is 0 Å². The average Bonchev–Trinajstić information content (AvgIpc) is 2.85. The van der Waals surface area contributed by atoms with Crippen molar-refractivity contribution in [2.45, 2.75) is 13.8 Å². The number of hydrogen-bond donors (Lipinski definition) is 1. The topological polar surface area (TPSA) is 68.6 Å². The lowest BCUT2D eigenvalue weighted by Gasteiger charge is -2.01. The molecule has 20 heavy (non-hydrogen) atoms. The number of benzene rings is 1. The van der Waals surface area contributed by atoms with Gasteiger partial charge in [0.2, 0.25) is 12.7 Å². The van der Waals surface area contributed by atoms with Crippen LogP contribution in [0, 0.1) is 13.8 Å². The van der Waals surface area contributed by atoms with Crippen LogP contribution in [0.15, 0.2) is 29.4 Å². The standard InChI is InChI=1S/C14H14N4O2/c1-9-5-10(2)17-14(16-9)18-15-7-11-3-4-12-13(6-11)20-8-19-12/h3-7H,8H2,1-2H3,(H,16,17,18). The molecule has 1 aromatic heterocycles. The number of fused-ring (bicyclic) bond motifs is 1. The van der Waals surface area contributed by atoms with Crippen LogP contribution in [-0.4, -0.2) is 23.0 Å². The Morgan fingerprint density at radius 3 is 2.65 bits per heavy atom. The molecule has 0 radical (unpaired) electrons. The van der Waals surface area contributed by atoms with Crippen molar-refractivity contribution in [3.63, 3.8) is 0 Å². The monoisotopic (exact) mass is 270 g/mol. The summed E-state index contributed by atoms with van der Waals surface area (Å²) in [5.41, 5.74) is 5.53. The third kappa shape index (κ3) is 2.69. The third-order valence-electron chi connectivity index (χ3n) is 2.76. The summed E-state index contributed by atoms with van der Waals surface area (Å²) in [6.45, 7) is 4.10. The molecule has 0 amide bonds. The Morgan fingerprint density at radius 2 is 1.85 bits per heavy atom. The molecular formula is C14H14N4O2. The van der Waals surface area contributed by atoms with Gasteiger partial charge in [0.05, 0.1) is 6.21 Å². The van der Waals surface area contributed by atoms with Crippen LogP contribution in [0.4, 0.5) is 5.95 Å². The molecule has 1 N–H and O–H groups in total. The van der Waals surface area contributed by atoms with Crippen molar-refractivity contribution in [1.82, 2.24) is 9.97 Å². The molecule has 1 aliphatic rings. The second-order valence-corrected chi connectivity index (χ2v) is 4.46. The first-order chi connectivity index (χ1) is 9.70. The Morgan fingerprint density at radius 1 is 1.10 bits per heavy atom. The summed E-state index contributed by atoms with van der Waals surface area (Å²) in [5.74, 6) is 1.98. The highest BCUT2D eigenvalue weighted by atomic mass is 16.7. The van der Waals surface area contributed by atoms with E-state index in [0.717, 1.165) is 28.5 Å². The molecule has 0 unspecified atom stereocenters. The zero-order valence-electron chi connectivity index (χ0n) is 11.3. The highest BCUT2D eigenvalue weighted by Gasteiger charge is 2.12. The average molecular weight is 270 g/mol. The molecule has 0 fully saturated rings. The van der Waals surface area contributed by atoms with E-state index in [1.807, 2.05) is 38.1 Å². The summed E-state index contributed by atoms with van der Waals surface area (Å²) in [4.78, 5) is 8.48.